The summed E-state index contributed by atoms with van der Waals surface area (Å²) in [6.45, 7) is 0.832. The molecule has 2 aromatic carbocycles. The number of halogens is 1. The average molecular weight is 361 g/mol. The number of hydrogen-bond acceptors (Lipinski definition) is 2. The molecule has 1 aliphatic carbocycles. The summed E-state index contributed by atoms with van der Waals surface area (Å²) in [5.41, 5.74) is 4.98. The molecule has 27 heavy (non-hydrogen) atoms. The predicted molar refractivity (Wildman–Crippen MR) is 102 cm³/mol. The van der Waals surface area contributed by atoms with Gasteiger partial charge >= 0.3 is 0 Å². The Balaban J connectivity index is 1.78. The number of benzene rings is 2. The van der Waals surface area contributed by atoms with Crippen molar-refractivity contribution in [1.82, 2.24) is 4.90 Å². The maximum Gasteiger partial charge on any atom is 0.250 e. The van der Waals surface area contributed by atoms with Gasteiger partial charge in [0, 0.05) is 18.0 Å². The van der Waals surface area contributed by atoms with Crippen LogP contribution in [0.3, 0.4) is 0 Å². The Kier molecular flexibility index (Phi) is 4.45. The van der Waals surface area contributed by atoms with E-state index in [4.69, 9.17) is 11.2 Å². The largest absolute Gasteiger partial charge is 0.497 e. The number of nitrogens with zero attached hydrogens (tertiary/aromatic N) is 1. The van der Waals surface area contributed by atoms with Gasteiger partial charge in [0.1, 0.15) is 11.6 Å². The highest BCUT2D eigenvalue weighted by molar-refractivity contribution is 5.97. The summed E-state index contributed by atoms with van der Waals surface area (Å²) >= 11 is 0. The molecular weight excluding hydrogens is 341 g/mol. The van der Waals surface area contributed by atoms with Gasteiger partial charge in [-0.3, -0.25) is 4.79 Å². The minimum atomic E-state index is -0.254. The molecule has 1 atom stereocenters. The Morgan fingerprint density at radius 2 is 2.04 bits per heavy atom. The number of terminal acetylenes is 1. The molecule has 0 spiro atoms. The van der Waals surface area contributed by atoms with E-state index in [1.165, 1.54) is 6.07 Å². The van der Waals surface area contributed by atoms with Crippen LogP contribution >= 0.6 is 0 Å². The Morgan fingerprint density at radius 3 is 2.74 bits per heavy atom. The quantitative estimate of drug-likeness (QED) is 0.781. The summed E-state index contributed by atoms with van der Waals surface area (Å²) in [6.07, 6.45) is 6.59. The van der Waals surface area contributed by atoms with Crippen LogP contribution in [0, 0.1) is 18.2 Å². The highest BCUT2D eigenvalue weighted by atomic mass is 19.1. The van der Waals surface area contributed by atoms with Crippen molar-refractivity contribution in [3.63, 3.8) is 0 Å². The van der Waals surface area contributed by atoms with Crippen molar-refractivity contribution in [2.24, 2.45) is 0 Å². The van der Waals surface area contributed by atoms with Gasteiger partial charge in [-0.1, -0.05) is 24.1 Å². The lowest BCUT2D eigenvalue weighted by Crippen LogP contribution is -2.28. The standard InChI is InChI=1S/C23H20FNO2/c1-3-10-25-14-17-11-16-12-18(24)6-9-20(16)21(13-22(17)23(25)26)15-4-7-19(27-2)8-5-15/h1,4-9,12,21H,10-11,13-14H2,2H3. The first-order valence-electron chi connectivity index (χ1n) is 8.96. The number of carbonyl (C=O) groups excluding carboxylic acids is 1. The SMILES string of the molecule is C#CCN1CC2=C(CC(c3ccc(OC)cc3)c3ccc(F)cc3C2)C1=O. The molecule has 2 aliphatic rings. The third kappa shape index (κ3) is 3.10. The molecule has 0 bridgehead atoms. The van der Waals surface area contributed by atoms with Crippen LogP contribution in [0.15, 0.2) is 53.6 Å². The van der Waals surface area contributed by atoms with Gasteiger partial charge in [0.25, 0.3) is 5.91 Å². The van der Waals surface area contributed by atoms with Crippen LogP contribution in [0.4, 0.5) is 4.39 Å². The van der Waals surface area contributed by atoms with Crippen LogP contribution < -0.4 is 4.74 Å². The molecule has 0 aromatic heterocycles. The number of hydrogen-bond donors (Lipinski definition) is 0. The van der Waals surface area contributed by atoms with Crippen LogP contribution in [-0.4, -0.2) is 31.0 Å². The van der Waals surface area contributed by atoms with Gasteiger partial charge in [0.05, 0.1) is 13.7 Å². The van der Waals surface area contributed by atoms with Crippen LogP contribution in [0.2, 0.25) is 0 Å². The smallest absolute Gasteiger partial charge is 0.250 e. The number of methoxy groups -OCH3 is 1. The van der Waals surface area contributed by atoms with Gasteiger partial charge in [-0.15, -0.1) is 6.42 Å². The summed E-state index contributed by atoms with van der Waals surface area (Å²) < 4.78 is 19.2. The molecule has 0 N–H and O–H groups in total. The third-order valence-corrected chi connectivity index (χ3v) is 5.45. The van der Waals surface area contributed by atoms with Gasteiger partial charge in [-0.25, -0.2) is 4.39 Å². The molecule has 0 radical (unpaired) electrons. The van der Waals surface area contributed by atoms with E-state index in [-0.39, 0.29) is 17.6 Å². The summed E-state index contributed by atoms with van der Waals surface area (Å²) in [4.78, 5) is 14.6. The maximum absolute atomic E-state index is 13.9. The molecule has 0 saturated carbocycles. The number of amides is 1. The van der Waals surface area contributed by atoms with Crippen LogP contribution in [0.1, 0.15) is 29.0 Å². The fourth-order valence-corrected chi connectivity index (χ4v) is 4.12. The minimum absolute atomic E-state index is 0.00579. The third-order valence-electron chi connectivity index (χ3n) is 5.45. The first-order valence-corrected chi connectivity index (χ1v) is 8.96. The van der Waals surface area contributed by atoms with E-state index in [2.05, 4.69) is 5.92 Å². The van der Waals surface area contributed by atoms with E-state index in [9.17, 15) is 9.18 Å². The minimum Gasteiger partial charge on any atom is -0.497 e. The Hall–Kier alpha value is -3.06. The summed E-state index contributed by atoms with van der Waals surface area (Å²) in [5, 5.41) is 0. The van der Waals surface area contributed by atoms with Gasteiger partial charge in [-0.05, 0) is 59.4 Å². The highest BCUT2D eigenvalue weighted by Gasteiger charge is 2.35. The number of rotatable bonds is 3. The summed E-state index contributed by atoms with van der Waals surface area (Å²) in [5.74, 6) is 3.08. The predicted octanol–water partition coefficient (Wildman–Crippen LogP) is 3.68. The van der Waals surface area contributed by atoms with Gasteiger partial charge in [0.15, 0.2) is 0 Å². The van der Waals surface area contributed by atoms with Crippen LogP contribution in [0.25, 0.3) is 0 Å². The molecule has 0 fully saturated rings. The van der Waals surface area contributed by atoms with E-state index in [1.54, 1.807) is 18.1 Å². The van der Waals surface area contributed by atoms with Crippen molar-refractivity contribution < 1.29 is 13.9 Å². The van der Waals surface area contributed by atoms with Crippen molar-refractivity contribution in [3.8, 4) is 18.1 Å². The monoisotopic (exact) mass is 361 g/mol. The molecule has 1 amide bonds. The molecule has 1 heterocycles. The van der Waals surface area contributed by atoms with Crippen molar-refractivity contribution in [1.29, 1.82) is 0 Å². The number of carbonyl (C=O) groups is 1. The molecule has 1 aliphatic heterocycles. The second kappa shape index (κ2) is 6.92. The lowest BCUT2D eigenvalue weighted by atomic mass is 9.85. The van der Waals surface area contributed by atoms with Gasteiger partial charge < -0.3 is 9.64 Å². The maximum atomic E-state index is 13.9. The second-order valence-corrected chi connectivity index (χ2v) is 7.00. The van der Waals surface area contributed by atoms with Crippen LogP contribution in [0.5, 0.6) is 5.75 Å². The molecule has 4 heteroatoms. The van der Waals surface area contributed by atoms with E-state index in [1.807, 2.05) is 30.3 Å². The Bertz CT molecular complexity index is 969. The van der Waals surface area contributed by atoms with Gasteiger partial charge in [-0.2, -0.15) is 0 Å². The van der Waals surface area contributed by atoms with E-state index in [0.717, 1.165) is 33.6 Å². The van der Waals surface area contributed by atoms with Crippen molar-refractivity contribution in [2.45, 2.75) is 18.8 Å². The molecule has 2 aromatic rings. The van der Waals surface area contributed by atoms with Crippen molar-refractivity contribution >= 4 is 5.91 Å². The summed E-state index contributed by atoms with van der Waals surface area (Å²) in [7, 11) is 1.63. The first-order chi connectivity index (χ1) is 13.1. The molecule has 0 saturated heterocycles. The average Bonchev–Trinajstić information content (AvgIpc) is 2.86. The normalized spacial score (nSPS) is 18.6. The van der Waals surface area contributed by atoms with Crippen molar-refractivity contribution in [2.75, 3.05) is 20.2 Å². The highest BCUT2D eigenvalue weighted by Crippen LogP contribution is 2.41. The molecule has 1 unspecified atom stereocenters. The fraction of sp³-hybridized carbons (Fsp3) is 0.261. The van der Waals surface area contributed by atoms with Crippen LogP contribution in [-0.2, 0) is 11.2 Å². The zero-order valence-electron chi connectivity index (χ0n) is 15.2. The van der Waals surface area contributed by atoms with E-state index < -0.39 is 0 Å². The molecular formula is C23H20FNO2. The lowest BCUT2D eigenvalue weighted by molar-refractivity contribution is -0.125. The van der Waals surface area contributed by atoms with Gasteiger partial charge in [0.2, 0.25) is 0 Å². The van der Waals surface area contributed by atoms with Crippen molar-refractivity contribution in [3.05, 3.63) is 76.1 Å². The fourth-order valence-electron chi connectivity index (χ4n) is 4.12. The second-order valence-electron chi connectivity index (χ2n) is 7.00. The molecule has 136 valence electrons. The zero-order chi connectivity index (χ0) is 19.0. The topological polar surface area (TPSA) is 29.5 Å². The summed E-state index contributed by atoms with van der Waals surface area (Å²) in [6, 6.07) is 12.8. The van der Waals surface area contributed by atoms with E-state index in [0.29, 0.717) is 25.9 Å². The Morgan fingerprint density at radius 1 is 1.26 bits per heavy atom. The molecule has 4 rings (SSSR count). The Labute approximate surface area is 158 Å². The van der Waals surface area contributed by atoms with E-state index >= 15 is 0 Å². The number of ether oxygens (including phenoxy) is 1. The first kappa shape index (κ1) is 17.4. The number of fused-ring (bicyclic) bond motifs is 1. The molecule has 3 nitrogen and oxygen atoms in total. The lowest BCUT2D eigenvalue weighted by Gasteiger charge is -2.21. The zero-order valence-corrected chi connectivity index (χ0v) is 15.2.